The molecule has 0 radical (unpaired) electrons. The smallest absolute Gasteiger partial charge is 0.822 e. The van der Waals surface area contributed by atoms with Crippen LogP contribution in [-0.2, 0) is 16.1 Å². The molecule has 0 saturated heterocycles. The fourth-order valence-corrected chi connectivity index (χ4v) is 0. The number of rotatable bonds is 0. The van der Waals surface area contributed by atoms with Crippen molar-refractivity contribution in [1.82, 2.24) is 0 Å². The molecular formula is Na3O6PS. The Bertz CT molecular complexity index is 116. The molecule has 0 aromatic heterocycles. The molecule has 0 aliphatic rings. The van der Waals surface area contributed by atoms with Crippen molar-refractivity contribution in [2.45, 2.75) is 0 Å². The van der Waals surface area contributed by atoms with Gasteiger partial charge < -0.3 is 19.2 Å². The quantitative estimate of drug-likeness (QED) is 0.300. The molecule has 0 spiro atoms. The third-order valence-corrected chi connectivity index (χ3v) is 0. The van der Waals surface area contributed by atoms with Crippen molar-refractivity contribution in [3.8, 4) is 0 Å². The van der Waals surface area contributed by atoms with Crippen LogP contribution in [0.25, 0.3) is 0 Å². The van der Waals surface area contributed by atoms with E-state index >= 15 is 0 Å². The van der Waals surface area contributed by atoms with Gasteiger partial charge in [-0.25, -0.2) is 0 Å². The molecule has 0 aliphatic heterocycles. The van der Waals surface area contributed by atoms with Gasteiger partial charge in [0.1, 0.15) is 0 Å². The molecule has 0 aromatic carbocycles. The van der Waals surface area contributed by atoms with Crippen molar-refractivity contribution in [3.63, 3.8) is 0 Å². The number of hydrogen-bond acceptors (Lipinski definition) is 6. The van der Waals surface area contributed by atoms with Crippen molar-refractivity contribution in [3.05, 3.63) is 0 Å². The molecule has 50 valence electrons. The summed E-state index contributed by atoms with van der Waals surface area (Å²) in [5, 5.41) is 0. The molecule has 0 aliphatic carbocycles. The molecule has 0 amide bonds. The summed E-state index contributed by atoms with van der Waals surface area (Å²) in [6, 6.07) is 0. The van der Waals surface area contributed by atoms with Gasteiger partial charge >= 0.3 is 100 Å². The fraction of sp³-hybridized carbons (Fsp3) is 0. The average Bonchev–Trinajstić information content (AvgIpc) is 1.27. The predicted octanol–water partition coefficient (Wildman–Crippen LogP) is -12.5. The Kier molecular flexibility index (Phi) is 49.5. The normalized spacial score (nSPS) is 6.45. The average molecular weight is 228 g/mol. The Morgan fingerprint density at radius 1 is 0.909 bits per heavy atom. The molecule has 0 unspecified atom stereocenters. The van der Waals surface area contributed by atoms with Crippen molar-refractivity contribution in [2.75, 3.05) is 0 Å². The zero-order valence-corrected chi connectivity index (χ0v) is 14.0. The number of hydrogen-bond donors (Lipinski definition) is 0. The summed E-state index contributed by atoms with van der Waals surface area (Å²) in [6.45, 7) is 0. The minimum atomic E-state index is -5.39. The second kappa shape index (κ2) is 18.7. The minimum absolute atomic E-state index is 0. The van der Waals surface area contributed by atoms with Crippen LogP contribution in [0.5, 0.6) is 0 Å². The maximum absolute atomic E-state index is 8.55. The van der Waals surface area contributed by atoms with Gasteiger partial charge in [-0.1, -0.05) is 0 Å². The van der Waals surface area contributed by atoms with E-state index in [0.29, 0.717) is 0 Å². The zero-order chi connectivity index (χ0) is 7.21. The van der Waals surface area contributed by atoms with Gasteiger partial charge in [-0.15, -0.1) is 0 Å². The molecule has 0 saturated carbocycles. The third kappa shape index (κ3) is 180. The molecule has 6 nitrogen and oxygen atoms in total. The Morgan fingerprint density at radius 3 is 0.909 bits per heavy atom. The van der Waals surface area contributed by atoms with Gasteiger partial charge in [0.25, 0.3) is 0 Å². The fourth-order valence-electron chi connectivity index (χ4n) is 0. The first kappa shape index (κ1) is 29.2. The number of phosphoric acid groups is 1. The van der Waals surface area contributed by atoms with Crippen molar-refractivity contribution in [1.29, 1.82) is 0 Å². The van der Waals surface area contributed by atoms with E-state index < -0.39 is 19.4 Å². The van der Waals surface area contributed by atoms with Gasteiger partial charge in [-0.3, -0.25) is 0 Å². The zero-order valence-electron chi connectivity index (χ0n) is 6.30. The first-order chi connectivity index (χ1) is 3.41. The maximum atomic E-state index is 8.55. The maximum Gasteiger partial charge on any atom is 1.00 e. The van der Waals surface area contributed by atoms with Gasteiger partial charge in [-0.2, -0.15) is 16.2 Å². The minimum Gasteiger partial charge on any atom is -0.822 e. The summed E-state index contributed by atoms with van der Waals surface area (Å²) in [6.07, 6.45) is 0. The van der Waals surface area contributed by atoms with Crippen molar-refractivity contribution in [2.24, 2.45) is 0 Å². The van der Waals surface area contributed by atoms with E-state index in [1.54, 1.807) is 0 Å². The molecule has 0 atom stereocenters. The van der Waals surface area contributed by atoms with Crippen LogP contribution in [0.15, 0.2) is 0 Å². The molecule has 11 heteroatoms. The monoisotopic (exact) mass is 228 g/mol. The first-order valence-electron chi connectivity index (χ1n) is 1.06. The molecule has 0 bridgehead atoms. The van der Waals surface area contributed by atoms with Crippen LogP contribution < -0.4 is 103 Å². The summed E-state index contributed by atoms with van der Waals surface area (Å²) in [7, 11) is -5.39. The SMILES string of the molecule is O=P([O-])([O-])[O-].O=S=O.[Na+].[Na+].[Na+]. The summed E-state index contributed by atoms with van der Waals surface area (Å²) in [5.41, 5.74) is 0. The second-order valence-electron chi connectivity index (χ2n) is 0.515. The topological polar surface area (TPSA) is 120 Å². The molecule has 0 aromatic rings. The van der Waals surface area contributed by atoms with Gasteiger partial charge in [0.2, 0.25) is 0 Å². The third-order valence-electron chi connectivity index (χ3n) is 0. The molecule has 0 fully saturated rings. The van der Waals surface area contributed by atoms with E-state index in [0.717, 1.165) is 0 Å². The van der Waals surface area contributed by atoms with E-state index in [4.69, 9.17) is 27.7 Å². The molecule has 0 rings (SSSR count). The Balaban J connectivity index is -0.0000000183. The summed E-state index contributed by atoms with van der Waals surface area (Å²) in [5.74, 6) is 0. The van der Waals surface area contributed by atoms with Crippen molar-refractivity contribution >= 4 is 19.4 Å². The van der Waals surface area contributed by atoms with Crippen molar-refractivity contribution < 1.29 is 116 Å². The Labute approximate surface area is 133 Å². The van der Waals surface area contributed by atoms with Gasteiger partial charge in [0, 0.05) is 0 Å². The predicted molar refractivity (Wildman–Crippen MR) is 16.5 cm³/mol. The van der Waals surface area contributed by atoms with E-state index in [9.17, 15) is 0 Å². The molecule has 0 N–H and O–H groups in total. The molecular weight excluding hydrogens is 228 g/mol. The van der Waals surface area contributed by atoms with E-state index in [-0.39, 0.29) is 88.7 Å². The van der Waals surface area contributed by atoms with Crippen LogP contribution in [-0.4, -0.2) is 8.42 Å². The van der Waals surface area contributed by atoms with E-state index in [1.165, 1.54) is 0 Å². The van der Waals surface area contributed by atoms with E-state index in [2.05, 4.69) is 0 Å². The van der Waals surface area contributed by atoms with Gasteiger partial charge in [0.05, 0.1) is 0 Å². The van der Waals surface area contributed by atoms with Crippen LogP contribution in [0.3, 0.4) is 0 Å². The van der Waals surface area contributed by atoms with Crippen LogP contribution in [0.4, 0.5) is 0 Å². The summed E-state index contributed by atoms with van der Waals surface area (Å²) >= 11 is -0.750. The Hall–Kier alpha value is 2.93. The largest absolute Gasteiger partial charge is 1.00 e. The van der Waals surface area contributed by atoms with Crippen LogP contribution in [0, 0.1) is 0 Å². The van der Waals surface area contributed by atoms with Gasteiger partial charge in [0.15, 0.2) is 0 Å². The molecule has 0 heterocycles. The summed E-state index contributed by atoms with van der Waals surface area (Å²) in [4.78, 5) is 25.6. The molecule has 11 heavy (non-hydrogen) atoms. The Morgan fingerprint density at radius 2 is 0.909 bits per heavy atom. The van der Waals surface area contributed by atoms with Crippen LogP contribution >= 0.6 is 7.82 Å². The van der Waals surface area contributed by atoms with Crippen LogP contribution in [0.2, 0.25) is 0 Å². The summed E-state index contributed by atoms with van der Waals surface area (Å²) < 4.78 is 25.1. The first-order valence-corrected chi connectivity index (χ1v) is 3.19. The second-order valence-corrected chi connectivity index (χ2v) is 1.55. The van der Waals surface area contributed by atoms with E-state index in [1.807, 2.05) is 0 Å². The van der Waals surface area contributed by atoms with Gasteiger partial charge in [-0.05, 0) is 0 Å². The standard InChI is InChI=1S/3Na.H3O4P.O2S/c;;;1-5(2,3)4;1-3-2/h;;;(H3,1,2,3,4);/q3*+1;;/p-3. The van der Waals surface area contributed by atoms with Crippen LogP contribution in [0.1, 0.15) is 0 Å².